The number of benzene rings is 2. The van der Waals surface area contributed by atoms with Gasteiger partial charge in [-0.1, -0.05) is 82.1 Å². The molecule has 0 spiro atoms. The van der Waals surface area contributed by atoms with Crippen LogP contribution in [0.2, 0.25) is 0 Å². The van der Waals surface area contributed by atoms with Crippen LogP contribution in [0.3, 0.4) is 0 Å². The molecule has 6 nitrogen and oxygen atoms in total. The largest absolute Gasteiger partial charge is 0.394 e. The minimum atomic E-state index is -1.80. The fourth-order valence-electron chi connectivity index (χ4n) is 5.28. The second-order valence-corrected chi connectivity index (χ2v) is 10.8. The Morgan fingerprint density at radius 1 is 0.605 bits per heavy atom. The van der Waals surface area contributed by atoms with Gasteiger partial charge in [-0.2, -0.15) is 0 Å². The molecule has 7 atom stereocenters. The van der Waals surface area contributed by atoms with E-state index in [0.717, 1.165) is 56.9 Å². The first-order chi connectivity index (χ1) is 18.2. The molecule has 0 radical (unpaired) electrons. The number of aliphatic hydroxyl groups excluding tert-OH is 6. The third kappa shape index (κ3) is 9.44. The second kappa shape index (κ2) is 17.0. The first-order valence-electron chi connectivity index (χ1n) is 14.4. The second-order valence-electron chi connectivity index (χ2n) is 10.8. The van der Waals surface area contributed by atoms with E-state index in [1.54, 1.807) is 0 Å². The highest BCUT2D eigenvalue weighted by molar-refractivity contribution is 5.29. The van der Waals surface area contributed by atoms with Crippen molar-refractivity contribution in [1.29, 1.82) is 0 Å². The number of hydrogen-bond acceptors (Lipinski definition) is 6. The quantitative estimate of drug-likeness (QED) is 0.175. The molecule has 2 aromatic rings. The standard InChI is InChI=1S/C32H50O6/c1-4-6-12-23-14-8-9-16-25(23)19-18-22(3)27(20-26-17-11-10-15-24(26)13-7-5-2)29(35)31(37)32(38)30(36)28(34)21-33/h8-11,14-17,22,27-38H,4-7,12-13,18-21H2,1-3H3/t22?,27?,28-,29?,30+,31+,32-/m0/s1. The molecule has 214 valence electrons. The smallest absolute Gasteiger partial charge is 0.111 e. The Hall–Kier alpha value is -1.80. The maximum absolute atomic E-state index is 11.4. The van der Waals surface area contributed by atoms with Gasteiger partial charge in [0.1, 0.15) is 24.4 Å². The molecule has 3 unspecified atom stereocenters. The highest BCUT2D eigenvalue weighted by atomic mass is 16.4. The summed E-state index contributed by atoms with van der Waals surface area (Å²) >= 11 is 0. The molecule has 2 aromatic carbocycles. The van der Waals surface area contributed by atoms with E-state index in [2.05, 4.69) is 57.2 Å². The molecule has 2 rings (SSSR count). The normalized spacial score (nSPS) is 17.4. The molecule has 6 heteroatoms. The van der Waals surface area contributed by atoms with Gasteiger partial charge in [-0.15, -0.1) is 0 Å². The van der Waals surface area contributed by atoms with E-state index in [1.807, 2.05) is 12.1 Å². The summed E-state index contributed by atoms with van der Waals surface area (Å²) in [4.78, 5) is 0. The summed E-state index contributed by atoms with van der Waals surface area (Å²) in [6.07, 6.45) is 0.295. The highest BCUT2D eigenvalue weighted by Gasteiger charge is 2.39. The van der Waals surface area contributed by atoms with E-state index >= 15 is 0 Å². The number of hydrogen-bond donors (Lipinski definition) is 6. The van der Waals surface area contributed by atoms with Crippen LogP contribution in [0, 0.1) is 11.8 Å². The van der Waals surface area contributed by atoms with Gasteiger partial charge in [0.2, 0.25) is 0 Å². The number of rotatable bonds is 18. The van der Waals surface area contributed by atoms with Gasteiger partial charge in [0.25, 0.3) is 0 Å². The predicted molar refractivity (Wildman–Crippen MR) is 152 cm³/mol. The lowest BCUT2D eigenvalue weighted by Gasteiger charge is -2.36. The van der Waals surface area contributed by atoms with Gasteiger partial charge >= 0.3 is 0 Å². The van der Waals surface area contributed by atoms with Crippen LogP contribution in [0.15, 0.2) is 48.5 Å². The predicted octanol–water partition coefficient (Wildman–Crippen LogP) is 3.60. The molecule has 6 N–H and O–H groups in total. The van der Waals surface area contributed by atoms with Crippen molar-refractivity contribution in [3.63, 3.8) is 0 Å². The highest BCUT2D eigenvalue weighted by Crippen LogP contribution is 2.30. The van der Waals surface area contributed by atoms with Crippen molar-refractivity contribution in [2.45, 2.75) is 109 Å². The van der Waals surface area contributed by atoms with E-state index in [1.165, 1.54) is 16.7 Å². The minimum absolute atomic E-state index is 0.00905. The Morgan fingerprint density at radius 2 is 1.05 bits per heavy atom. The summed E-state index contributed by atoms with van der Waals surface area (Å²) in [5.74, 6) is -0.408. The molecule has 38 heavy (non-hydrogen) atoms. The van der Waals surface area contributed by atoms with E-state index in [-0.39, 0.29) is 5.92 Å². The average Bonchev–Trinajstić information content (AvgIpc) is 2.95. The van der Waals surface area contributed by atoms with Gasteiger partial charge in [-0.25, -0.2) is 0 Å². The Labute approximate surface area is 229 Å². The van der Waals surface area contributed by atoms with Gasteiger partial charge in [0.15, 0.2) is 0 Å². The molecule has 0 aliphatic rings. The molecule has 0 bridgehead atoms. The monoisotopic (exact) mass is 530 g/mol. The van der Waals surface area contributed by atoms with Gasteiger partial charge in [-0.3, -0.25) is 0 Å². The van der Waals surface area contributed by atoms with Crippen molar-refractivity contribution < 1.29 is 30.6 Å². The molecule has 0 aliphatic heterocycles. The maximum Gasteiger partial charge on any atom is 0.111 e. The van der Waals surface area contributed by atoms with Crippen molar-refractivity contribution in [2.24, 2.45) is 11.8 Å². The SMILES string of the molecule is CCCCc1ccccc1CCC(C)C(Cc1ccccc1CCCC)C(O)[C@@H](O)[C@@H](O)[C@H](O)[C@@H](O)CO. The summed E-state index contributed by atoms with van der Waals surface area (Å²) in [6, 6.07) is 16.6. The zero-order valence-corrected chi connectivity index (χ0v) is 23.4. The molecule has 0 aromatic heterocycles. The summed E-state index contributed by atoms with van der Waals surface area (Å²) in [7, 11) is 0. The summed E-state index contributed by atoms with van der Waals surface area (Å²) in [5.41, 5.74) is 4.97. The molecular formula is C32H50O6. The zero-order chi connectivity index (χ0) is 28.1. The van der Waals surface area contributed by atoms with E-state index in [0.29, 0.717) is 6.42 Å². The minimum Gasteiger partial charge on any atom is -0.394 e. The summed E-state index contributed by atoms with van der Waals surface area (Å²) in [6.45, 7) is 5.64. The van der Waals surface area contributed by atoms with Crippen LogP contribution in [0.25, 0.3) is 0 Å². The molecule has 0 saturated carbocycles. The van der Waals surface area contributed by atoms with Crippen molar-refractivity contribution in [3.05, 3.63) is 70.8 Å². The Morgan fingerprint density at radius 3 is 1.55 bits per heavy atom. The van der Waals surface area contributed by atoms with E-state index < -0.39 is 43.0 Å². The molecule has 0 aliphatic carbocycles. The van der Waals surface area contributed by atoms with Crippen molar-refractivity contribution in [1.82, 2.24) is 0 Å². The molecule has 0 fully saturated rings. The van der Waals surface area contributed by atoms with Crippen LogP contribution in [-0.2, 0) is 25.7 Å². The van der Waals surface area contributed by atoms with Crippen molar-refractivity contribution in [3.8, 4) is 0 Å². The fourth-order valence-corrected chi connectivity index (χ4v) is 5.28. The lowest BCUT2D eigenvalue weighted by Crippen LogP contribution is -2.52. The molecule has 0 amide bonds. The zero-order valence-electron chi connectivity index (χ0n) is 23.4. The lowest BCUT2D eigenvalue weighted by atomic mass is 9.76. The number of aryl methyl sites for hydroxylation is 3. The third-order valence-corrected chi connectivity index (χ3v) is 7.96. The van der Waals surface area contributed by atoms with E-state index in [9.17, 15) is 25.5 Å². The maximum atomic E-state index is 11.4. The Balaban J connectivity index is 2.29. The first-order valence-corrected chi connectivity index (χ1v) is 14.4. The topological polar surface area (TPSA) is 121 Å². The van der Waals surface area contributed by atoms with E-state index in [4.69, 9.17) is 5.11 Å². The van der Waals surface area contributed by atoms with Gasteiger partial charge < -0.3 is 30.6 Å². The number of unbranched alkanes of at least 4 members (excludes halogenated alkanes) is 2. The van der Waals surface area contributed by atoms with Crippen molar-refractivity contribution >= 4 is 0 Å². The van der Waals surface area contributed by atoms with Crippen LogP contribution in [0.4, 0.5) is 0 Å². The van der Waals surface area contributed by atoms with Gasteiger partial charge in [0.05, 0.1) is 12.7 Å². The van der Waals surface area contributed by atoms with Crippen LogP contribution in [0.1, 0.15) is 75.1 Å². The average molecular weight is 531 g/mol. The lowest BCUT2D eigenvalue weighted by molar-refractivity contribution is -0.152. The molecule has 0 heterocycles. The first kappa shape index (κ1) is 32.4. The third-order valence-electron chi connectivity index (χ3n) is 7.96. The Kier molecular flexibility index (Phi) is 14.5. The Bertz CT molecular complexity index is 918. The van der Waals surface area contributed by atoms with Crippen LogP contribution < -0.4 is 0 Å². The summed E-state index contributed by atoms with van der Waals surface area (Å²) in [5, 5.41) is 61.9. The summed E-state index contributed by atoms with van der Waals surface area (Å²) < 4.78 is 0. The van der Waals surface area contributed by atoms with Crippen LogP contribution >= 0.6 is 0 Å². The van der Waals surface area contributed by atoms with Crippen molar-refractivity contribution in [2.75, 3.05) is 6.61 Å². The molecule has 0 saturated heterocycles. The fraction of sp³-hybridized carbons (Fsp3) is 0.625. The molecular weight excluding hydrogens is 480 g/mol. The van der Waals surface area contributed by atoms with Gasteiger partial charge in [0, 0.05) is 0 Å². The van der Waals surface area contributed by atoms with Crippen LogP contribution in [-0.4, -0.2) is 67.8 Å². The van der Waals surface area contributed by atoms with Crippen LogP contribution in [0.5, 0.6) is 0 Å². The number of aliphatic hydroxyl groups is 6. The van der Waals surface area contributed by atoms with Gasteiger partial charge in [-0.05, 0) is 79.0 Å².